The molecule has 0 radical (unpaired) electrons. The van der Waals surface area contributed by atoms with E-state index in [4.69, 9.17) is 0 Å². The Kier molecular flexibility index (Phi) is 4.12. The monoisotopic (exact) mass is 194 g/mol. The van der Waals surface area contributed by atoms with Gasteiger partial charge in [0, 0.05) is 0 Å². The van der Waals surface area contributed by atoms with E-state index >= 15 is 0 Å². The first-order valence-electron chi connectivity index (χ1n) is 5.31. The van der Waals surface area contributed by atoms with E-state index in [-0.39, 0.29) is 0 Å². The lowest BCUT2D eigenvalue weighted by Crippen LogP contribution is -2.10. The van der Waals surface area contributed by atoms with Crippen LogP contribution < -0.4 is 0 Å². The van der Waals surface area contributed by atoms with Crippen molar-refractivity contribution in [3.05, 3.63) is 35.9 Å². The zero-order chi connectivity index (χ0) is 10.4. The van der Waals surface area contributed by atoms with Crippen LogP contribution in [-0.4, -0.2) is 5.67 Å². The number of halogens is 1. The van der Waals surface area contributed by atoms with Gasteiger partial charge in [0.25, 0.3) is 0 Å². The van der Waals surface area contributed by atoms with Gasteiger partial charge in [-0.3, -0.25) is 0 Å². The van der Waals surface area contributed by atoms with E-state index in [9.17, 15) is 4.39 Å². The number of unbranched alkanes of at least 4 members (excludes halogenated alkanes) is 1. The Hall–Kier alpha value is -0.850. The van der Waals surface area contributed by atoms with Crippen LogP contribution in [0.25, 0.3) is 0 Å². The Morgan fingerprint density at radius 3 is 2.29 bits per heavy atom. The number of hydrogen-bond acceptors (Lipinski definition) is 0. The minimum Gasteiger partial charge on any atom is -0.245 e. The summed E-state index contributed by atoms with van der Waals surface area (Å²) in [7, 11) is 0. The highest BCUT2D eigenvalue weighted by Gasteiger charge is 2.13. The van der Waals surface area contributed by atoms with E-state index in [1.165, 1.54) is 5.56 Å². The Bertz CT molecular complexity index is 246. The predicted molar refractivity (Wildman–Crippen MR) is 59.2 cm³/mol. The van der Waals surface area contributed by atoms with Gasteiger partial charge in [-0.1, -0.05) is 30.3 Å². The molecule has 0 aliphatic rings. The number of benzene rings is 1. The molecule has 1 aromatic rings. The normalized spacial score (nSPS) is 11.6. The van der Waals surface area contributed by atoms with Crippen molar-refractivity contribution in [3.63, 3.8) is 0 Å². The Morgan fingerprint density at radius 1 is 1.07 bits per heavy atom. The summed E-state index contributed by atoms with van der Waals surface area (Å²) in [5.74, 6) is 0. The molecule has 0 aliphatic carbocycles. The number of hydrogen-bond donors (Lipinski definition) is 0. The second-order valence-corrected chi connectivity index (χ2v) is 4.41. The summed E-state index contributed by atoms with van der Waals surface area (Å²) in [5.41, 5.74) is 0.348. The molecule has 0 atom stereocenters. The van der Waals surface area contributed by atoms with Gasteiger partial charge >= 0.3 is 0 Å². The maximum absolute atomic E-state index is 13.1. The summed E-state index contributed by atoms with van der Waals surface area (Å²) in [6.45, 7) is 3.30. The number of aryl methyl sites for hydroxylation is 1. The van der Waals surface area contributed by atoms with Crippen LogP contribution in [0.1, 0.15) is 38.7 Å². The molecule has 0 saturated heterocycles. The second kappa shape index (κ2) is 5.14. The smallest absolute Gasteiger partial charge is 0.105 e. The summed E-state index contributed by atoms with van der Waals surface area (Å²) < 4.78 is 13.1. The van der Waals surface area contributed by atoms with Crippen LogP contribution in [0.3, 0.4) is 0 Å². The van der Waals surface area contributed by atoms with Crippen LogP contribution in [0.5, 0.6) is 0 Å². The fourth-order valence-electron chi connectivity index (χ4n) is 1.52. The molecule has 0 saturated carbocycles. The van der Waals surface area contributed by atoms with Crippen LogP contribution in [0.15, 0.2) is 30.3 Å². The molecule has 78 valence electrons. The molecule has 0 nitrogen and oxygen atoms in total. The summed E-state index contributed by atoms with van der Waals surface area (Å²) in [5, 5.41) is 0. The van der Waals surface area contributed by atoms with Gasteiger partial charge in [0.1, 0.15) is 5.67 Å². The first kappa shape index (κ1) is 11.2. The van der Waals surface area contributed by atoms with Gasteiger partial charge < -0.3 is 0 Å². The van der Waals surface area contributed by atoms with Crippen molar-refractivity contribution in [2.45, 2.75) is 45.2 Å². The number of alkyl halides is 1. The van der Waals surface area contributed by atoms with Gasteiger partial charge in [0.15, 0.2) is 0 Å². The minimum absolute atomic E-state index is 0.667. The molecule has 0 N–H and O–H groups in total. The molecule has 14 heavy (non-hydrogen) atoms. The Morgan fingerprint density at radius 2 is 1.71 bits per heavy atom. The highest BCUT2D eigenvalue weighted by Crippen LogP contribution is 2.18. The molecule has 0 heterocycles. The topological polar surface area (TPSA) is 0 Å². The van der Waals surface area contributed by atoms with Crippen molar-refractivity contribution in [1.82, 2.24) is 0 Å². The quantitative estimate of drug-likeness (QED) is 0.618. The Balaban J connectivity index is 2.17. The highest BCUT2D eigenvalue weighted by atomic mass is 19.1. The molecule has 0 spiro atoms. The van der Waals surface area contributed by atoms with Crippen LogP contribution in [-0.2, 0) is 6.42 Å². The van der Waals surface area contributed by atoms with Gasteiger partial charge in [-0.25, -0.2) is 4.39 Å². The van der Waals surface area contributed by atoms with Crippen molar-refractivity contribution >= 4 is 0 Å². The lowest BCUT2D eigenvalue weighted by atomic mass is 10.0. The lowest BCUT2D eigenvalue weighted by Gasteiger charge is -2.12. The molecule has 0 aliphatic heterocycles. The van der Waals surface area contributed by atoms with Gasteiger partial charge in [-0.15, -0.1) is 0 Å². The summed E-state index contributed by atoms with van der Waals surface area (Å²) in [6.07, 6.45) is 3.78. The van der Waals surface area contributed by atoms with Gasteiger partial charge in [-0.05, 0) is 45.1 Å². The first-order chi connectivity index (χ1) is 6.58. The van der Waals surface area contributed by atoms with E-state index in [1.54, 1.807) is 13.8 Å². The highest BCUT2D eigenvalue weighted by molar-refractivity contribution is 5.14. The SMILES string of the molecule is CC(C)(F)CCCCc1ccccc1. The number of rotatable bonds is 5. The third kappa shape index (κ3) is 5.00. The first-order valence-corrected chi connectivity index (χ1v) is 5.31. The zero-order valence-corrected chi connectivity index (χ0v) is 9.09. The lowest BCUT2D eigenvalue weighted by molar-refractivity contribution is 0.196. The average Bonchev–Trinajstić information content (AvgIpc) is 2.13. The van der Waals surface area contributed by atoms with E-state index in [0.717, 1.165) is 19.3 Å². The van der Waals surface area contributed by atoms with Crippen molar-refractivity contribution in [2.24, 2.45) is 0 Å². The summed E-state index contributed by atoms with van der Waals surface area (Å²) in [6, 6.07) is 10.4. The third-order valence-electron chi connectivity index (χ3n) is 2.33. The largest absolute Gasteiger partial charge is 0.245 e. The second-order valence-electron chi connectivity index (χ2n) is 4.41. The molecule has 0 fully saturated rings. The van der Waals surface area contributed by atoms with Crippen LogP contribution in [0.4, 0.5) is 4.39 Å². The molecule has 1 rings (SSSR count). The fraction of sp³-hybridized carbons (Fsp3) is 0.538. The van der Waals surface area contributed by atoms with E-state index in [1.807, 2.05) is 6.07 Å². The summed E-state index contributed by atoms with van der Waals surface area (Å²) >= 11 is 0. The van der Waals surface area contributed by atoms with Gasteiger partial charge in [0.05, 0.1) is 0 Å². The average molecular weight is 194 g/mol. The van der Waals surface area contributed by atoms with E-state index in [0.29, 0.717) is 6.42 Å². The molecule has 0 unspecified atom stereocenters. The molecule has 1 heteroatoms. The molecule has 0 aromatic heterocycles. The van der Waals surface area contributed by atoms with Crippen molar-refractivity contribution in [2.75, 3.05) is 0 Å². The predicted octanol–water partition coefficient (Wildman–Crippen LogP) is 4.15. The van der Waals surface area contributed by atoms with Crippen LogP contribution >= 0.6 is 0 Å². The molecular weight excluding hydrogens is 175 g/mol. The fourth-order valence-corrected chi connectivity index (χ4v) is 1.52. The van der Waals surface area contributed by atoms with Crippen molar-refractivity contribution in [1.29, 1.82) is 0 Å². The molecule has 0 bridgehead atoms. The summed E-state index contributed by atoms with van der Waals surface area (Å²) in [4.78, 5) is 0. The molecular formula is C13H19F. The Labute approximate surface area is 86.2 Å². The van der Waals surface area contributed by atoms with E-state index in [2.05, 4.69) is 24.3 Å². The minimum atomic E-state index is -1.00. The standard InChI is InChI=1S/C13H19F/c1-13(2,14)11-7-6-10-12-8-4-3-5-9-12/h3-5,8-9H,6-7,10-11H2,1-2H3. The van der Waals surface area contributed by atoms with Crippen LogP contribution in [0, 0.1) is 0 Å². The van der Waals surface area contributed by atoms with Crippen molar-refractivity contribution in [3.8, 4) is 0 Å². The maximum Gasteiger partial charge on any atom is 0.105 e. The van der Waals surface area contributed by atoms with E-state index < -0.39 is 5.67 Å². The molecule has 0 amide bonds. The zero-order valence-electron chi connectivity index (χ0n) is 9.09. The van der Waals surface area contributed by atoms with Crippen molar-refractivity contribution < 1.29 is 4.39 Å². The molecule has 1 aromatic carbocycles. The van der Waals surface area contributed by atoms with Gasteiger partial charge in [-0.2, -0.15) is 0 Å². The van der Waals surface area contributed by atoms with Crippen LogP contribution in [0.2, 0.25) is 0 Å². The van der Waals surface area contributed by atoms with Gasteiger partial charge in [0.2, 0.25) is 0 Å². The maximum atomic E-state index is 13.1. The third-order valence-corrected chi connectivity index (χ3v) is 2.33.